The number of nitrogens with one attached hydrogen (secondary N) is 1. The first kappa shape index (κ1) is 19.1. The smallest absolute Gasteiger partial charge is 0.387 e. The number of alkyl halides is 2. The summed E-state index contributed by atoms with van der Waals surface area (Å²) in [5.41, 5.74) is 3.06. The van der Waals surface area contributed by atoms with Gasteiger partial charge in [-0.1, -0.05) is 6.42 Å². The second kappa shape index (κ2) is 9.93. The number of hydrogen-bond donors (Lipinski definition) is 1. The molecule has 0 bridgehead atoms. The van der Waals surface area contributed by atoms with Gasteiger partial charge in [0.2, 0.25) is 5.91 Å². The summed E-state index contributed by atoms with van der Waals surface area (Å²) in [5.74, 6) is -0.0488. The molecule has 25 heavy (non-hydrogen) atoms. The Hall–Kier alpha value is -2.22. The lowest BCUT2D eigenvalue weighted by Crippen LogP contribution is -2.33. The first-order chi connectivity index (χ1) is 12.1. The Bertz CT molecular complexity index is 591. The first-order valence-electron chi connectivity index (χ1n) is 8.25. The zero-order chi connectivity index (χ0) is 18.1. The van der Waals surface area contributed by atoms with Gasteiger partial charge in [-0.3, -0.25) is 4.79 Å². The number of hydrazone groups is 1. The van der Waals surface area contributed by atoms with E-state index in [-0.39, 0.29) is 17.4 Å². The molecule has 138 valence electrons. The molecule has 1 aliphatic rings. The Morgan fingerprint density at radius 3 is 2.76 bits per heavy atom. The van der Waals surface area contributed by atoms with E-state index in [9.17, 15) is 13.6 Å². The molecule has 1 heterocycles. The predicted octanol–water partition coefficient (Wildman–Crippen LogP) is 2.62. The molecule has 1 fully saturated rings. The van der Waals surface area contributed by atoms with E-state index in [1.165, 1.54) is 44.7 Å². The third-order valence-electron chi connectivity index (χ3n) is 3.91. The molecule has 1 aromatic carbocycles. The van der Waals surface area contributed by atoms with Crippen LogP contribution in [0.1, 0.15) is 31.2 Å². The van der Waals surface area contributed by atoms with Crippen molar-refractivity contribution in [3.05, 3.63) is 23.8 Å². The highest BCUT2D eigenvalue weighted by Crippen LogP contribution is 2.28. The number of halogens is 2. The molecule has 2 rings (SSSR count). The third-order valence-corrected chi connectivity index (χ3v) is 3.91. The number of amides is 1. The fourth-order valence-electron chi connectivity index (χ4n) is 2.64. The van der Waals surface area contributed by atoms with Crippen LogP contribution in [0.3, 0.4) is 0 Å². The molecular formula is C17H23F2N3O3. The van der Waals surface area contributed by atoms with E-state index in [4.69, 9.17) is 4.74 Å². The second-order valence-corrected chi connectivity index (χ2v) is 5.73. The van der Waals surface area contributed by atoms with E-state index < -0.39 is 6.61 Å². The van der Waals surface area contributed by atoms with Gasteiger partial charge < -0.3 is 14.4 Å². The molecule has 0 aliphatic carbocycles. The average Bonchev–Trinajstić information content (AvgIpc) is 2.61. The van der Waals surface area contributed by atoms with Crippen molar-refractivity contribution < 1.29 is 23.0 Å². The van der Waals surface area contributed by atoms with Crippen LogP contribution in [0.25, 0.3) is 0 Å². The number of ether oxygens (including phenoxy) is 2. The summed E-state index contributed by atoms with van der Waals surface area (Å²) in [5, 5.41) is 3.88. The van der Waals surface area contributed by atoms with E-state index in [1.807, 2.05) is 0 Å². The number of carbonyl (C=O) groups excluding carboxylic acids is 1. The summed E-state index contributed by atoms with van der Waals surface area (Å²) < 4.78 is 33.9. The maximum absolute atomic E-state index is 12.3. The summed E-state index contributed by atoms with van der Waals surface area (Å²) in [6.45, 7) is -0.102. The molecule has 6 nitrogen and oxygen atoms in total. The van der Waals surface area contributed by atoms with Crippen molar-refractivity contribution in [2.45, 2.75) is 32.3 Å². The monoisotopic (exact) mass is 355 g/mol. The normalized spacial score (nSPS) is 15.5. The van der Waals surface area contributed by atoms with Crippen LogP contribution in [0.15, 0.2) is 23.3 Å². The van der Waals surface area contributed by atoms with Crippen LogP contribution in [-0.2, 0) is 4.79 Å². The number of nitrogens with zero attached hydrogens (tertiary/aromatic N) is 2. The number of carbonyl (C=O) groups is 1. The quantitative estimate of drug-likeness (QED) is 0.575. The van der Waals surface area contributed by atoms with Gasteiger partial charge in [0.05, 0.1) is 13.3 Å². The summed E-state index contributed by atoms with van der Waals surface area (Å²) in [4.78, 5) is 14.1. The molecule has 1 saturated heterocycles. The Labute approximate surface area is 145 Å². The minimum absolute atomic E-state index is 0.0554. The van der Waals surface area contributed by atoms with Gasteiger partial charge in [0.15, 0.2) is 11.5 Å². The molecule has 1 aliphatic heterocycles. The molecule has 1 aromatic rings. The third kappa shape index (κ3) is 6.66. The zero-order valence-electron chi connectivity index (χ0n) is 14.2. The molecular weight excluding hydrogens is 332 g/mol. The van der Waals surface area contributed by atoms with Gasteiger partial charge in [0.1, 0.15) is 0 Å². The van der Waals surface area contributed by atoms with Crippen LogP contribution in [0.2, 0.25) is 0 Å². The van der Waals surface area contributed by atoms with E-state index in [0.717, 1.165) is 19.6 Å². The van der Waals surface area contributed by atoms with Crippen molar-refractivity contribution in [2.75, 3.05) is 26.7 Å². The summed E-state index contributed by atoms with van der Waals surface area (Å²) in [7, 11) is 1.36. The number of methoxy groups -OCH3 is 1. The SMILES string of the molecule is COc1cc(/C=N/NC(=O)CCN2CCCCC2)ccc1OC(F)F. The first-order valence-corrected chi connectivity index (χ1v) is 8.25. The maximum Gasteiger partial charge on any atom is 0.387 e. The molecule has 8 heteroatoms. The molecule has 1 N–H and O–H groups in total. The van der Waals surface area contributed by atoms with Gasteiger partial charge in [0, 0.05) is 13.0 Å². The number of hydrogen-bond acceptors (Lipinski definition) is 5. The highest BCUT2D eigenvalue weighted by atomic mass is 19.3. The van der Waals surface area contributed by atoms with Crippen molar-refractivity contribution >= 4 is 12.1 Å². The number of benzene rings is 1. The van der Waals surface area contributed by atoms with Gasteiger partial charge >= 0.3 is 6.61 Å². The van der Waals surface area contributed by atoms with E-state index in [1.54, 1.807) is 6.07 Å². The number of piperidine rings is 1. The van der Waals surface area contributed by atoms with Gasteiger partial charge in [-0.05, 0) is 49.7 Å². The molecule has 0 saturated carbocycles. The Morgan fingerprint density at radius 1 is 1.32 bits per heavy atom. The minimum Gasteiger partial charge on any atom is -0.493 e. The lowest BCUT2D eigenvalue weighted by Gasteiger charge is -2.25. The largest absolute Gasteiger partial charge is 0.493 e. The topological polar surface area (TPSA) is 63.2 Å². The van der Waals surface area contributed by atoms with Crippen LogP contribution in [0.4, 0.5) is 8.78 Å². The number of rotatable bonds is 8. The standard InChI is InChI=1S/C17H23F2N3O3/c1-24-15-11-13(5-6-14(15)25-17(18)19)12-20-21-16(23)7-10-22-8-3-2-4-9-22/h5-6,11-12,17H,2-4,7-10H2,1H3,(H,21,23)/b20-12+. The van der Waals surface area contributed by atoms with Crippen molar-refractivity contribution in [3.8, 4) is 11.5 Å². The van der Waals surface area contributed by atoms with Crippen LogP contribution in [-0.4, -0.2) is 50.4 Å². The molecule has 0 unspecified atom stereocenters. The Morgan fingerprint density at radius 2 is 2.08 bits per heavy atom. The van der Waals surface area contributed by atoms with Crippen molar-refractivity contribution in [1.82, 2.24) is 10.3 Å². The van der Waals surface area contributed by atoms with Crippen LogP contribution in [0, 0.1) is 0 Å². The fourth-order valence-corrected chi connectivity index (χ4v) is 2.64. The van der Waals surface area contributed by atoms with Gasteiger partial charge in [-0.25, -0.2) is 5.43 Å². The zero-order valence-corrected chi connectivity index (χ0v) is 14.2. The van der Waals surface area contributed by atoms with Gasteiger partial charge in [0.25, 0.3) is 0 Å². The van der Waals surface area contributed by atoms with Crippen molar-refractivity contribution in [3.63, 3.8) is 0 Å². The van der Waals surface area contributed by atoms with Crippen LogP contribution < -0.4 is 14.9 Å². The number of likely N-dealkylation sites (tertiary alicyclic amines) is 1. The lowest BCUT2D eigenvalue weighted by molar-refractivity contribution is -0.121. The van der Waals surface area contributed by atoms with Crippen LogP contribution in [0.5, 0.6) is 11.5 Å². The lowest BCUT2D eigenvalue weighted by atomic mass is 10.1. The molecule has 0 aromatic heterocycles. The average molecular weight is 355 g/mol. The predicted molar refractivity (Wildman–Crippen MR) is 90.3 cm³/mol. The minimum atomic E-state index is -2.92. The highest BCUT2D eigenvalue weighted by molar-refractivity contribution is 5.83. The second-order valence-electron chi connectivity index (χ2n) is 5.73. The molecule has 0 radical (unpaired) electrons. The van der Waals surface area contributed by atoms with E-state index in [0.29, 0.717) is 12.0 Å². The Balaban J connectivity index is 1.81. The van der Waals surface area contributed by atoms with E-state index >= 15 is 0 Å². The highest BCUT2D eigenvalue weighted by Gasteiger charge is 2.12. The summed E-state index contributed by atoms with van der Waals surface area (Å²) in [6, 6.07) is 4.41. The van der Waals surface area contributed by atoms with E-state index in [2.05, 4.69) is 20.2 Å². The Kier molecular flexibility index (Phi) is 7.59. The van der Waals surface area contributed by atoms with Crippen molar-refractivity contribution in [2.24, 2.45) is 5.10 Å². The maximum atomic E-state index is 12.3. The van der Waals surface area contributed by atoms with Gasteiger partial charge in [-0.2, -0.15) is 13.9 Å². The molecule has 1 amide bonds. The molecule has 0 spiro atoms. The van der Waals surface area contributed by atoms with Gasteiger partial charge in [-0.15, -0.1) is 0 Å². The van der Waals surface area contributed by atoms with Crippen LogP contribution >= 0.6 is 0 Å². The fraction of sp³-hybridized carbons (Fsp3) is 0.529. The summed E-state index contributed by atoms with van der Waals surface area (Å²) >= 11 is 0. The summed E-state index contributed by atoms with van der Waals surface area (Å²) in [6.07, 6.45) is 5.45. The van der Waals surface area contributed by atoms with Crippen molar-refractivity contribution in [1.29, 1.82) is 0 Å². The molecule has 0 atom stereocenters.